The lowest BCUT2D eigenvalue weighted by molar-refractivity contribution is 0.588. The van der Waals surface area contributed by atoms with Crippen molar-refractivity contribution < 1.29 is 0 Å². The number of benzene rings is 2. The molecule has 0 spiro atoms. The second-order valence-electron chi connectivity index (χ2n) is 4.74. The summed E-state index contributed by atoms with van der Waals surface area (Å²) in [7, 11) is 1.98. The van der Waals surface area contributed by atoms with Gasteiger partial charge >= 0.3 is 0 Å². The smallest absolute Gasteiger partial charge is 0.0449 e. The highest BCUT2D eigenvalue weighted by Gasteiger charge is 2.15. The van der Waals surface area contributed by atoms with Crippen LogP contribution in [0.2, 0.25) is 5.02 Å². The van der Waals surface area contributed by atoms with Gasteiger partial charge in [0.2, 0.25) is 0 Å². The Hall–Kier alpha value is -0.350. The highest BCUT2D eigenvalue weighted by Crippen LogP contribution is 2.29. The van der Waals surface area contributed by atoms with Gasteiger partial charge in [0.25, 0.3) is 0 Å². The molecule has 20 heavy (non-hydrogen) atoms. The fraction of sp³-hybridized carbons (Fsp3) is 0.250. The quantitative estimate of drug-likeness (QED) is 0.675. The number of likely N-dealkylation sites (N-methyl/N-ethyl adjacent to an activating group) is 1. The standard InChI is InChI=1S/C16H16Br2ClN/c1-10-13(4-3-5-14(10)18)16(20-2)8-11-6-7-12(17)9-15(11)19/h3-7,9,16,20H,8H2,1-2H3. The molecule has 4 heteroatoms. The van der Waals surface area contributed by atoms with Crippen molar-refractivity contribution in [3.05, 3.63) is 67.1 Å². The molecule has 2 aromatic carbocycles. The maximum Gasteiger partial charge on any atom is 0.0449 e. The minimum Gasteiger partial charge on any atom is -0.313 e. The molecule has 0 saturated carbocycles. The average Bonchev–Trinajstić information content (AvgIpc) is 2.42. The Morgan fingerprint density at radius 3 is 2.60 bits per heavy atom. The van der Waals surface area contributed by atoms with Crippen LogP contribution in [0, 0.1) is 6.92 Å². The van der Waals surface area contributed by atoms with Gasteiger partial charge in [0.05, 0.1) is 0 Å². The van der Waals surface area contributed by atoms with Gasteiger partial charge in [-0.3, -0.25) is 0 Å². The Morgan fingerprint density at radius 2 is 1.95 bits per heavy atom. The maximum absolute atomic E-state index is 6.32. The van der Waals surface area contributed by atoms with Crippen molar-refractivity contribution in [1.29, 1.82) is 0 Å². The first kappa shape index (κ1) is 16.0. The van der Waals surface area contributed by atoms with Gasteiger partial charge in [-0.2, -0.15) is 0 Å². The van der Waals surface area contributed by atoms with Crippen LogP contribution in [0.15, 0.2) is 45.3 Å². The Morgan fingerprint density at radius 1 is 1.20 bits per heavy atom. The van der Waals surface area contributed by atoms with Gasteiger partial charge in [-0.1, -0.05) is 61.7 Å². The second kappa shape index (κ2) is 7.08. The zero-order valence-electron chi connectivity index (χ0n) is 11.4. The third-order valence-electron chi connectivity index (χ3n) is 3.47. The van der Waals surface area contributed by atoms with Crippen LogP contribution in [0.5, 0.6) is 0 Å². The molecule has 0 heterocycles. The van der Waals surface area contributed by atoms with Gasteiger partial charge in [-0.05, 0) is 55.3 Å². The molecule has 2 rings (SSSR count). The summed E-state index contributed by atoms with van der Waals surface area (Å²) < 4.78 is 2.14. The van der Waals surface area contributed by atoms with E-state index in [4.69, 9.17) is 11.6 Å². The van der Waals surface area contributed by atoms with Crippen LogP contribution >= 0.6 is 43.5 Å². The molecule has 0 aromatic heterocycles. The van der Waals surface area contributed by atoms with Gasteiger partial charge in [0, 0.05) is 20.0 Å². The highest BCUT2D eigenvalue weighted by atomic mass is 79.9. The molecule has 0 aliphatic carbocycles. The largest absolute Gasteiger partial charge is 0.313 e. The molecule has 1 nitrogen and oxygen atoms in total. The summed E-state index contributed by atoms with van der Waals surface area (Å²) in [6, 6.07) is 12.6. The van der Waals surface area contributed by atoms with Crippen LogP contribution < -0.4 is 5.32 Å². The summed E-state index contributed by atoms with van der Waals surface area (Å²) >= 11 is 13.4. The number of rotatable bonds is 4. The molecule has 2 aromatic rings. The van der Waals surface area contributed by atoms with Gasteiger partial charge in [-0.15, -0.1) is 0 Å². The van der Waals surface area contributed by atoms with E-state index in [-0.39, 0.29) is 6.04 Å². The van der Waals surface area contributed by atoms with E-state index in [1.54, 1.807) is 0 Å². The molecule has 0 radical (unpaired) electrons. The molecule has 106 valence electrons. The Bertz CT molecular complexity index is 613. The lowest BCUT2D eigenvalue weighted by atomic mass is 9.95. The summed E-state index contributed by atoms with van der Waals surface area (Å²) in [6.07, 6.45) is 0.861. The molecular formula is C16H16Br2ClN. The van der Waals surface area contributed by atoms with E-state index in [9.17, 15) is 0 Å². The van der Waals surface area contributed by atoms with Crippen molar-refractivity contribution >= 4 is 43.5 Å². The van der Waals surface area contributed by atoms with Crippen molar-refractivity contribution in [2.45, 2.75) is 19.4 Å². The molecule has 1 N–H and O–H groups in total. The lowest BCUT2D eigenvalue weighted by Gasteiger charge is -2.20. The van der Waals surface area contributed by atoms with Crippen LogP contribution in [-0.4, -0.2) is 7.05 Å². The summed E-state index contributed by atoms with van der Waals surface area (Å²) in [5.74, 6) is 0. The summed E-state index contributed by atoms with van der Waals surface area (Å²) in [6.45, 7) is 2.13. The predicted octanol–water partition coefficient (Wildman–Crippen LogP) is 5.68. The minimum absolute atomic E-state index is 0.242. The molecule has 0 amide bonds. The Kier molecular flexibility index (Phi) is 5.67. The minimum atomic E-state index is 0.242. The van der Waals surface area contributed by atoms with Crippen LogP contribution in [0.3, 0.4) is 0 Å². The summed E-state index contributed by atoms with van der Waals surface area (Å²) in [5.41, 5.74) is 3.70. The zero-order chi connectivity index (χ0) is 14.7. The van der Waals surface area contributed by atoms with E-state index in [1.165, 1.54) is 11.1 Å². The monoisotopic (exact) mass is 415 g/mol. The highest BCUT2D eigenvalue weighted by molar-refractivity contribution is 9.10. The number of nitrogens with one attached hydrogen (secondary N) is 1. The van der Waals surface area contributed by atoms with Crippen LogP contribution in [0.1, 0.15) is 22.7 Å². The number of hydrogen-bond donors (Lipinski definition) is 1. The van der Waals surface area contributed by atoms with E-state index >= 15 is 0 Å². The SMILES string of the molecule is CNC(Cc1ccc(Br)cc1Cl)c1cccc(Br)c1C. The first-order valence-corrected chi connectivity index (χ1v) is 8.35. The van der Waals surface area contributed by atoms with E-state index in [2.05, 4.69) is 68.4 Å². The van der Waals surface area contributed by atoms with Crippen molar-refractivity contribution in [2.24, 2.45) is 0 Å². The molecule has 1 unspecified atom stereocenters. The topological polar surface area (TPSA) is 12.0 Å². The molecule has 0 aliphatic heterocycles. The van der Waals surface area contributed by atoms with E-state index in [0.717, 1.165) is 26.0 Å². The van der Waals surface area contributed by atoms with Crippen molar-refractivity contribution in [3.63, 3.8) is 0 Å². The maximum atomic E-state index is 6.32. The average molecular weight is 418 g/mol. The van der Waals surface area contributed by atoms with Gasteiger partial charge in [-0.25, -0.2) is 0 Å². The molecular weight excluding hydrogens is 401 g/mol. The normalized spacial score (nSPS) is 12.4. The fourth-order valence-electron chi connectivity index (χ4n) is 2.28. The fourth-order valence-corrected chi connectivity index (χ4v) is 3.41. The summed E-state index contributed by atoms with van der Waals surface area (Å²) in [5, 5.41) is 4.18. The molecule has 0 fully saturated rings. The van der Waals surface area contributed by atoms with Crippen LogP contribution in [0.4, 0.5) is 0 Å². The van der Waals surface area contributed by atoms with E-state index < -0.39 is 0 Å². The second-order valence-corrected chi connectivity index (χ2v) is 6.91. The molecule has 0 saturated heterocycles. The van der Waals surface area contributed by atoms with Gasteiger partial charge in [0.15, 0.2) is 0 Å². The predicted molar refractivity (Wildman–Crippen MR) is 93.5 cm³/mol. The van der Waals surface area contributed by atoms with E-state index in [1.807, 2.05) is 19.2 Å². The molecule has 0 aliphatic rings. The number of halogens is 3. The van der Waals surface area contributed by atoms with Crippen LogP contribution in [0.25, 0.3) is 0 Å². The van der Waals surface area contributed by atoms with Crippen molar-refractivity contribution in [1.82, 2.24) is 5.32 Å². The van der Waals surface area contributed by atoms with E-state index in [0.29, 0.717) is 0 Å². The lowest BCUT2D eigenvalue weighted by Crippen LogP contribution is -2.20. The Balaban J connectivity index is 2.31. The molecule has 0 bridgehead atoms. The third-order valence-corrected chi connectivity index (χ3v) is 5.18. The summed E-state index contributed by atoms with van der Waals surface area (Å²) in [4.78, 5) is 0. The third kappa shape index (κ3) is 3.64. The number of hydrogen-bond acceptors (Lipinski definition) is 1. The van der Waals surface area contributed by atoms with Gasteiger partial charge < -0.3 is 5.32 Å². The zero-order valence-corrected chi connectivity index (χ0v) is 15.3. The van der Waals surface area contributed by atoms with Crippen molar-refractivity contribution in [2.75, 3.05) is 7.05 Å². The van der Waals surface area contributed by atoms with Gasteiger partial charge in [0.1, 0.15) is 0 Å². The first-order chi connectivity index (χ1) is 9.52. The first-order valence-electron chi connectivity index (χ1n) is 6.39. The van der Waals surface area contributed by atoms with Crippen LogP contribution in [-0.2, 0) is 6.42 Å². The van der Waals surface area contributed by atoms with Crippen molar-refractivity contribution in [3.8, 4) is 0 Å². The Labute approximate surface area is 142 Å². The molecule has 1 atom stereocenters.